The van der Waals surface area contributed by atoms with Gasteiger partial charge >= 0.3 is 0 Å². The van der Waals surface area contributed by atoms with E-state index in [2.05, 4.69) is 23.2 Å². The summed E-state index contributed by atoms with van der Waals surface area (Å²) in [5, 5.41) is 4.05. The third kappa shape index (κ3) is 4.87. The van der Waals surface area contributed by atoms with Crippen LogP contribution in [0, 0.1) is 0 Å². The van der Waals surface area contributed by atoms with Crippen LogP contribution in [0.3, 0.4) is 0 Å². The van der Waals surface area contributed by atoms with Gasteiger partial charge in [-0.2, -0.15) is 0 Å². The first-order valence-electron chi connectivity index (χ1n) is 7.46. The van der Waals surface area contributed by atoms with E-state index in [4.69, 9.17) is 11.6 Å². The minimum absolute atomic E-state index is 0.211. The Morgan fingerprint density at radius 3 is 2.81 bits per heavy atom. The monoisotopic (exact) mass is 330 g/mol. The van der Waals surface area contributed by atoms with Crippen molar-refractivity contribution in [3.05, 3.63) is 28.8 Å². The van der Waals surface area contributed by atoms with Gasteiger partial charge in [0.15, 0.2) is 9.84 Å². The summed E-state index contributed by atoms with van der Waals surface area (Å²) < 4.78 is 23.3. The zero-order valence-corrected chi connectivity index (χ0v) is 14.0. The summed E-state index contributed by atoms with van der Waals surface area (Å²) in [5.41, 5.74) is 2.09. The lowest BCUT2D eigenvalue weighted by atomic mass is 10.2. The molecule has 0 spiro atoms. The molecule has 0 aliphatic carbocycles. The van der Waals surface area contributed by atoms with Crippen molar-refractivity contribution in [2.45, 2.75) is 26.3 Å². The molecule has 1 saturated heterocycles. The van der Waals surface area contributed by atoms with Crippen LogP contribution in [0.1, 0.15) is 25.3 Å². The highest BCUT2D eigenvalue weighted by Crippen LogP contribution is 2.28. The van der Waals surface area contributed by atoms with E-state index in [0.29, 0.717) is 18.0 Å². The predicted octanol–water partition coefficient (Wildman–Crippen LogP) is 2.46. The maximum atomic E-state index is 11.7. The fourth-order valence-corrected chi connectivity index (χ4v) is 4.10. The molecule has 2 rings (SSSR count). The quantitative estimate of drug-likeness (QED) is 0.843. The van der Waals surface area contributed by atoms with Crippen LogP contribution in [-0.2, 0) is 16.4 Å². The maximum absolute atomic E-state index is 11.7. The molecular formula is C15H23ClN2O2S. The number of halogens is 1. The van der Waals surface area contributed by atoms with Gasteiger partial charge in [-0.05, 0) is 37.1 Å². The van der Waals surface area contributed by atoms with Gasteiger partial charge in [-0.25, -0.2) is 8.42 Å². The highest BCUT2D eigenvalue weighted by Gasteiger charge is 2.20. The van der Waals surface area contributed by atoms with Gasteiger partial charge in [0.05, 0.1) is 22.2 Å². The number of rotatable bonds is 5. The lowest BCUT2D eigenvalue weighted by molar-refractivity contribution is 0.597. The van der Waals surface area contributed by atoms with Crippen LogP contribution >= 0.6 is 11.6 Å². The molecule has 118 valence electrons. The summed E-state index contributed by atoms with van der Waals surface area (Å²) in [6, 6.07) is 6.03. The molecule has 0 unspecified atom stereocenters. The first-order chi connectivity index (χ1) is 10.0. The summed E-state index contributed by atoms with van der Waals surface area (Å²) in [5.74, 6) is 0.489. The molecule has 0 amide bonds. The van der Waals surface area contributed by atoms with Crippen LogP contribution in [0.5, 0.6) is 0 Å². The molecule has 0 saturated carbocycles. The standard InChI is InChI=1S/C15H23ClN2O2S/c1-2-6-17-12-13-4-5-15(14(16)11-13)18-7-3-9-21(19,20)10-8-18/h4-5,11,17H,2-3,6-10,12H2,1H3. The molecule has 1 heterocycles. The summed E-state index contributed by atoms with van der Waals surface area (Å²) >= 11 is 6.38. The fraction of sp³-hybridized carbons (Fsp3) is 0.600. The molecule has 1 aliphatic heterocycles. The highest BCUT2D eigenvalue weighted by molar-refractivity contribution is 7.91. The highest BCUT2D eigenvalue weighted by atomic mass is 35.5. The SMILES string of the molecule is CCCNCc1ccc(N2CCCS(=O)(=O)CC2)c(Cl)c1. The molecule has 0 radical (unpaired) electrons. The Balaban J connectivity index is 2.06. The third-order valence-corrected chi connectivity index (χ3v) is 5.68. The first kappa shape index (κ1) is 16.6. The van der Waals surface area contributed by atoms with E-state index >= 15 is 0 Å². The van der Waals surface area contributed by atoms with Crippen molar-refractivity contribution < 1.29 is 8.42 Å². The first-order valence-corrected chi connectivity index (χ1v) is 9.66. The van der Waals surface area contributed by atoms with Crippen LogP contribution < -0.4 is 10.2 Å². The number of anilines is 1. The van der Waals surface area contributed by atoms with E-state index < -0.39 is 9.84 Å². The average molecular weight is 331 g/mol. The zero-order chi connectivity index (χ0) is 15.3. The topological polar surface area (TPSA) is 49.4 Å². The van der Waals surface area contributed by atoms with E-state index in [1.54, 1.807) is 0 Å². The number of sulfone groups is 1. The minimum atomic E-state index is -2.89. The summed E-state index contributed by atoms with van der Waals surface area (Å²) in [7, 11) is -2.89. The zero-order valence-electron chi connectivity index (χ0n) is 12.4. The number of nitrogens with one attached hydrogen (secondary N) is 1. The number of hydrogen-bond donors (Lipinski definition) is 1. The second-order valence-corrected chi connectivity index (χ2v) is 8.17. The molecular weight excluding hydrogens is 308 g/mol. The molecule has 0 atom stereocenters. The second-order valence-electron chi connectivity index (χ2n) is 5.45. The van der Waals surface area contributed by atoms with E-state index in [9.17, 15) is 8.42 Å². The third-order valence-electron chi connectivity index (χ3n) is 3.66. The van der Waals surface area contributed by atoms with Crippen LogP contribution in [0.25, 0.3) is 0 Å². The fourth-order valence-electron chi connectivity index (χ4n) is 2.51. The van der Waals surface area contributed by atoms with Gasteiger partial charge in [0.2, 0.25) is 0 Å². The van der Waals surface area contributed by atoms with Gasteiger partial charge in [0, 0.05) is 19.6 Å². The molecule has 1 aromatic carbocycles. The Bertz CT molecular complexity index is 575. The molecule has 0 aromatic heterocycles. The molecule has 1 aromatic rings. The van der Waals surface area contributed by atoms with E-state index in [-0.39, 0.29) is 11.5 Å². The normalized spacial score (nSPS) is 18.5. The van der Waals surface area contributed by atoms with E-state index in [1.165, 1.54) is 0 Å². The molecule has 1 aliphatic rings. The predicted molar refractivity (Wildman–Crippen MR) is 88.9 cm³/mol. The van der Waals surface area contributed by atoms with Gasteiger partial charge in [-0.15, -0.1) is 0 Å². The summed E-state index contributed by atoms with van der Waals surface area (Å²) in [6.45, 7) is 5.20. The Hall–Kier alpha value is -0.780. The Labute approximate surface area is 132 Å². The van der Waals surface area contributed by atoms with Gasteiger partial charge in [-0.3, -0.25) is 0 Å². The van der Waals surface area contributed by atoms with Crippen LogP contribution in [0.4, 0.5) is 5.69 Å². The Morgan fingerprint density at radius 1 is 1.29 bits per heavy atom. The second kappa shape index (κ2) is 7.47. The molecule has 1 fully saturated rings. The summed E-state index contributed by atoms with van der Waals surface area (Å²) in [6.07, 6.45) is 1.77. The van der Waals surface area contributed by atoms with Gasteiger partial charge < -0.3 is 10.2 Å². The van der Waals surface area contributed by atoms with Crippen molar-refractivity contribution in [3.63, 3.8) is 0 Å². The van der Waals surface area contributed by atoms with Crippen molar-refractivity contribution in [1.29, 1.82) is 0 Å². The minimum Gasteiger partial charge on any atom is -0.369 e. The molecule has 6 heteroatoms. The van der Waals surface area contributed by atoms with Crippen molar-refractivity contribution in [3.8, 4) is 0 Å². The Kier molecular flexibility index (Phi) is 5.90. The van der Waals surface area contributed by atoms with Gasteiger partial charge in [0.25, 0.3) is 0 Å². The summed E-state index contributed by atoms with van der Waals surface area (Å²) in [4.78, 5) is 2.08. The molecule has 0 bridgehead atoms. The lowest BCUT2D eigenvalue weighted by Gasteiger charge is -2.23. The lowest BCUT2D eigenvalue weighted by Crippen LogP contribution is -2.27. The smallest absolute Gasteiger partial charge is 0.152 e. The Morgan fingerprint density at radius 2 is 2.10 bits per heavy atom. The van der Waals surface area contributed by atoms with Crippen molar-refractivity contribution >= 4 is 27.1 Å². The van der Waals surface area contributed by atoms with Crippen LogP contribution in [-0.4, -0.2) is 39.6 Å². The van der Waals surface area contributed by atoms with Gasteiger partial charge in [-0.1, -0.05) is 24.6 Å². The molecule has 21 heavy (non-hydrogen) atoms. The van der Waals surface area contributed by atoms with Crippen LogP contribution in [0.2, 0.25) is 5.02 Å². The number of benzene rings is 1. The molecule has 1 N–H and O–H groups in total. The van der Waals surface area contributed by atoms with Crippen molar-refractivity contribution in [2.24, 2.45) is 0 Å². The number of hydrogen-bond acceptors (Lipinski definition) is 4. The van der Waals surface area contributed by atoms with E-state index in [1.807, 2.05) is 12.1 Å². The largest absolute Gasteiger partial charge is 0.369 e. The van der Waals surface area contributed by atoms with Gasteiger partial charge in [0.1, 0.15) is 0 Å². The van der Waals surface area contributed by atoms with Crippen molar-refractivity contribution in [2.75, 3.05) is 36.0 Å². The van der Waals surface area contributed by atoms with Crippen molar-refractivity contribution in [1.82, 2.24) is 5.32 Å². The maximum Gasteiger partial charge on any atom is 0.152 e. The van der Waals surface area contributed by atoms with Crippen LogP contribution in [0.15, 0.2) is 18.2 Å². The molecule has 4 nitrogen and oxygen atoms in total. The number of nitrogens with zero attached hydrogens (tertiary/aromatic N) is 1. The average Bonchev–Trinajstić information content (AvgIpc) is 2.60. The van der Waals surface area contributed by atoms with E-state index in [0.717, 1.165) is 37.3 Å².